The second kappa shape index (κ2) is 29.4. The Morgan fingerprint density at radius 3 is 1.85 bits per heavy atom. The molecule has 0 aliphatic carbocycles. The topological polar surface area (TPSA) is 108 Å². The van der Waals surface area contributed by atoms with E-state index in [-0.39, 0.29) is 32.0 Å². The Bertz CT molecular complexity index is 897. The quantitative estimate of drug-likeness (QED) is 0.0256. The summed E-state index contributed by atoms with van der Waals surface area (Å²) in [5.74, 6) is -0.830. The highest BCUT2D eigenvalue weighted by molar-refractivity contribution is 7.47. The third-order valence-electron chi connectivity index (χ3n) is 7.18. The summed E-state index contributed by atoms with van der Waals surface area (Å²) in [5, 5.41) is 0. The highest BCUT2D eigenvalue weighted by Crippen LogP contribution is 2.43. The number of likely N-dealkylation sites (N-methyl/N-ethyl adjacent to an activating group) is 1. The zero-order chi connectivity index (χ0) is 34.4. The third kappa shape index (κ3) is 32.2. The normalized spacial score (nSPS) is 14.3. The number of allylic oxidation sites excluding steroid dienone is 6. The van der Waals surface area contributed by atoms with Crippen molar-refractivity contribution in [3.8, 4) is 0 Å². The van der Waals surface area contributed by atoms with Crippen molar-refractivity contribution in [3.05, 3.63) is 36.5 Å². The van der Waals surface area contributed by atoms with Crippen LogP contribution in [-0.2, 0) is 32.7 Å². The molecule has 2 unspecified atom stereocenters. The molecule has 1 N–H and O–H groups in total. The van der Waals surface area contributed by atoms with E-state index < -0.39 is 26.5 Å². The van der Waals surface area contributed by atoms with Crippen LogP contribution in [0.15, 0.2) is 36.5 Å². The van der Waals surface area contributed by atoms with Crippen LogP contribution in [0.5, 0.6) is 0 Å². The number of carbonyl (C=O) groups excluding carboxylic acids is 2. The first-order valence-electron chi connectivity index (χ1n) is 17.7. The summed E-state index contributed by atoms with van der Waals surface area (Å²) in [6, 6.07) is 0. The van der Waals surface area contributed by atoms with Crippen LogP contribution in [0, 0.1) is 0 Å². The maximum atomic E-state index is 12.6. The van der Waals surface area contributed by atoms with Crippen molar-refractivity contribution >= 4 is 19.8 Å². The Kier molecular flexibility index (Phi) is 28.2. The van der Waals surface area contributed by atoms with Gasteiger partial charge in [-0.15, -0.1) is 0 Å². The number of phosphoric ester groups is 1. The van der Waals surface area contributed by atoms with Gasteiger partial charge in [0.1, 0.15) is 19.8 Å². The van der Waals surface area contributed by atoms with Gasteiger partial charge in [-0.3, -0.25) is 18.6 Å². The Hall–Kier alpha value is -1.77. The van der Waals surface area contributed by atoms with Crippen LogP contribution < -0.4 is 0 Å². The smallest absolute Gasteiger partial charge is 0.462 e. The van der Waals surface area contributed by atoms with Crippen molar-refractivity contribution in [2.75, 3.05) is 47.5 Å². The SMILES string of the molecule is CC/C=C\C/C=C\C/C=C\CCCCCCCC(=O)OC(COC(=O)CCCCCCCCC)COP(=O)(O)OCC[N+](C)(C)C. The molecule has 0 aromatic heterocycles. The molecular weight excluding hydrogens is 605 g/mol. The molecule has 0 rings (SSSR count). The fourth-order valence-corrected chi connectivity index (χ4v) is 5.12. The summed E-state index contributed by atoms with van der Waals surface area (Å²) in [5.41, 5.74) is 0. The Labute approximate surface area is 281 Å². The van der Waals surface area contributed by atoms with Crippen LogP contribution in [0.25, 0.3) is 0 Å². The van der Waals surface area contributed by atoms with Gasteiger partial charge in [0, 0.05) is 12.8 Å². The van der Waals surface area contributed by atoms with Crippen LogP contribution in [-0.4, -0.2) is 74.9 Å². The number of esters is 2. The second-order valence-corrected chi connectivity index (χ2v) is 14.3. The molecule has 46 heavy (non-hydrogen) atoms. The molecule has 0 saturated carbocycles. The first-order valence-corrected chi connectivity index (χ1v) is 19.2. The number of quaternary nitrogens is 1. The van der Waals surface area contributed by atoms with Gasteiger partial charge in [-0.1, -0.05) is 108 Å². The number of phosphoric acid groups is 1. The van der Waals surface area contributed by atoms with Crippen LogP contribution in [0.3, 0.4) is 0 Å². The van der Waals surface area contributed by atoms with Crippen molar-refractivity contribution in [1.82, 2.24) is 0 Å². The second-order valence-electron chi connectivity index (χ2n) is 12.9. The monoisotopic (exact) mass is 672 g/mol. The van der Waals surface area contributed by atoms with Gasteiger partial charge in [0.2, 0.25) is 0 Å². The highest BCUT2D eigenvalue weighted by atomic mass is 31.2. The molecule has 0 saturated heterocycles. The molecule has 0 aromatic rings. The van der Waals surface area contributed by atoms with Crippen LogP contribution in [0.1, 0.15) is 129 Å². The molecule has 0 aliphatic rings. The number of hydrogen-bond donors (Lipinski definition) is 1. The fourth-order valence-electron chi connectivity index (χ4n) is 4.38. The number of rotatable bonds is 31. The lowest BCUT2D eigenvalue weighted by atomic mass is 10.1. The molecule has 10 heteroatoms. The van der Waals surface area contributed by atoms with E-state index in [9.17, 15) is 19.0 Å². The molecule has 0 bridgehead atoms. The molecule has 0 fully saturated rings. The maximum absolute atomic E-state index is 12.6. The van der Waals surface area contributed by atoms with Gasteiger partial charge in [-0.25, -0.2) is 4.57 Å². The summed E-state index contributed by atoms with van der Waals surface area (Å²) in [4.78, 5) is 34.9. The number of nitrogens with zero attached hydrogens (tertiary/aromatic N) is 1. The minimum atomic E-state index is -4.36. The molecule has 0 radical (unpaired) electrons. The number of unbranched alkanes of at least 4 members (excludes halogenated alkanes) is 11. The summed E-state index contributed by atoms with van der Waals surface area (Å²) >= 11 is 0. The predicted octanol–water partition coefficient (Wildman–Crippen LogP) is 9.01. The molecule has 0 aromatic carbocycles. The first-order chi connectivity index (χ1) is 22.0. The van der Waals surface area contributed by atoms with Gasteiger partial charge in [-0.2, -0.15) is 0 Å². The Morgan fingerprint density at radius 2 is 1.24 bits per heavy atom. The summed E-state index contributed by atoms with van der Waals surface area (Å²) in [6.45, 7) is 4.21. The molecule has 0 spiro atoms. The minimum absolute atomic E-state index is 0.0278. The van der Waals surface area contributed by atoms with Crippen LogP contribution >= 0.6 is 7.82 Å². The Morgan fingerprint density at radius 1 is 0.696 bits per heavy atom. The predicted molar refractivity (Wildman–Crippen MR) is 187 cm³/mol. The van der Waals surface area contributed by atoms with Gasteiger partial charge < -0.3 is 18.9 Å². The van der Waals surface area contributed by atoms with Crippen molar-refractivity contribution in [3.63, 3.8) is 0 Å². The summed E-state index contributed by atoms with van der Waals surface area (Å²) in [6.07, 6.45) is 29.2. The lowest BCUT2D eigenvalue weighted by molar-refractivity contribution is -0.870. The van der Waals surface area contributed by atoms with Gasteiger partial charge >= 0.3 is 19.8 Å². The minimum Gasteiger partial charge on any atom is -0.462 e. The van der Waals surface area contributed by atoms with Crippen molar-refractivity contribution < 1.29 is 42.1 Å². The zero-order valence-electron chi connectivity index (χ0n) is 29.8. The number of carbonyl (C=O) groups is 2. The largest absolute Gasteiger partial charge is 0.472 e. The maximum Gasteiger partial charge on any atom is 0.472 e. The molecule has 2 atom stereocenters. The third-order valence-corrected chi connectivity index (χ3v) is 8.17. The van der Waals surface area contributed by atoms with Gasteiger partial charge in [0.15, 0.2) is 6.10 Å². The Balaban J connectivity index is 4.47. The first kappa shape index (κ1) is 44.2. The average molecular weight is 673 g/mol. The van der Waals surface area contributed by atoms with E-state index >= 15 is 0 Å². The average Bonchev–Trinajstić information content (AvgIpc) is 2.99. The molecule has 0 aliphatic heterocycles. The molecule has 0 amide bonds. The number of ether oxygens (including phenoxy) is 2. The van der Waals surface area contributed by atoms with Crippen LogP contribution in [0.4, 0.5) is 0 Å². The summed E-state index contributed by atoms with van der Waals surface area (Å²) in [7, 11) is 1.46. The van der Waals surface area contributed by atoms with Crippen molar-refractivity contribution in [2.24, 2.45) is 0 Å². The fraction of sp³-hybridized carbons (Fsp3) is 0.778. The number of hydrogen-bond acceptors (Lipinski definition) is 7. The lowest BCUT2D eigenvalue weighted by Crippen LogP contribution is -2.37. The standard InChI is InChI=1S/C36H66NO8P/c1-6-8-10-12-14-15-16-17-18-19-20-21-23-25-27-29-36(39)45-34(33-44-46(40,41)43-31-30-37(3,4)5)32-42-35(38)28-26-24-22-13-11-9-7-2/h8,10,14-15,17-18,34H,6-7,9,11-13,16,19-33H2,1-5H3/p+1/b10-8-,15-14-,18-17-. The highest BCUT2D eigenvalue weighted by Gasteiger charge is 2.27. The van der Waals surface area contributed by atoms with Gasteiger partial charge in [0.25, 0.3) is 0 Å². The summed E-state index contributed by atoms with van der Waals surface area (Å²) < 4.78 is 34.0. The molecule has 0 heterocycles. The van der Waals surface area contributed by atoms with E-state index in [1.54, 1.807) is 0 Å². The molecule has 9 nitrogen and oxygen atoms in total. The van der Waals surface area contributed by atoms with E-state index in [0.29, 0.717) is 17.4 Å². The van der Waals surface area contributed by atoms with E-state index in [1.807, 2.05) is 21.1 Å². The zero-order valence-corrected chi connectivity index (χ0v) is 30.7. The van der Waals surface area contributed by atoms with Crippen molar-refractivity contribution in [1.29, 1.82) is 0 Å². The van der Waals surface area contributed by atoms with E-state index in [4.69, 9.17) is 18.5 Å². The van der Waals surface area contributed by atoms with E-state index in [2.05, 4.69) is 50.3 Å². The van der Waals surface area contributed by atoms with Gasteiger partial charge in [-0.05, 0) is 44.9 Å². The van der Waals surface area contributed by atoms with Gasteiger partial charge in [0.05, 0.1) is 27.7 Å². The molecular formula is C36H67NO8P+. The molecule has 268 valence electrons. The van der Waals surface area contributed by atoms with Crippen LogP contribution in [0.2, 0.25) is 0 Å². The van der Waals surface area contributed by atoms with E-state index in [0.717, 1.165) is 70.6 Å². The van der Waals surface area contributed by atoms with Crippen molar-refractivity contribution in [2.45, 2.75) is 136 Å². The lowest BCUT2D eigenvalue weighted by Gasteiger charge is -2.24. The van der Waals surface area contributed by atoms with E-state index in [1.165, 1.54) is 25.7 Å².